The van der Waals surface area contributed by atoms with Crippen LogP contribution in [0.5, 0.6) is 0 Å². The van der Waals surface area contributed by atoms with E-state index in [1.54, 1.807) is 24.0 Å². The highest BCUT2D eigenvalue weighted by molar-refractivity contribution is 5.87. The monoisotopic (exact) mass is 350 g/mol. The number of nitrogens with one attached hydrogen (secondary N) is 1. The molecule has 2 atom stereocenters. The van der Waals surface area contributed by atoms with Gasteiger partial charge in [-0.1, -0.05) is 19.1 Å². The molecule has 1 aliphatic heterocycles. The third-order valence-corrected chi connectivity index (χ3v) is 4.43. The van der Waals surface area contributed by atoms with E-state index in [1.807, 2.05) is 6.92 Å². The Bertz CT molecular complexity index is 571. The molecule has 0 aromatic heterocycles. The van der Waals surface area contributed by atoms with Crippen LogP contribution in [0.1, 0.15) is 45.1 Å². The number of hydrogen-bond donors (Lipinski definition) is 1. The van der Waals surface area contributed by atoms with Crippen molar-refractivity contribution in [2.75, 3.05) is 13.2 Å². The van der Waals surface area contributed by atoms with Crippen LogP contribution in [0, 0.1) is 5.82 Å². The third kappa shape index (κ3) is 5.81. The predicted octanol–water partition coefficient (Wildman–Crippen LogP) is 2.64. The van der Waals surface area contributed by atoms with Crippen molar-refractivity contribution >= 4 is 11.8 Å². The maximum Gasteiger partial charge on any atom is 0.242 e. The molecule has 1 fully saturated rings. The topological polar surface area (TPSA) is 58.6 Å². The van der Waals surface area contributed by atoms with Gasteiger partial charge in [-0.2, -0.15) is 0 Å². The van der Waals surface area contributed by atoms with Gasteiger partial charge >= 0.3 is 0 Å². The quantitative estimate of drug-likeness (QED) is 0.784. The van der Waals surface area contributed by atoms with Crippen molar-refractivity contribution in [3.63, 3.8) is 0 Å². The van der Waals surface area contributed by atoms with Gasteiger partial charge in [0.25, 0.3) is 0 Å². The summed E-state index contributed by atoms with van der Waals surface area (Å²) in [6.07, 6.45) is 3.12. The van der Waals surface area contributed by atoms with Gasteiger partial charge in [0.05, 0.1) is 6.10 Å². The number of amides is 2. The van der Waals surface area contributed by atoms with E-state index in [-0.39, 0.29) is 30.3 Å². The van der Waals surface area contributed by atoms with E-state index in [0.29, 0.717) is 19.4 Å². The Labute approximate surface area is 148 Å². The summed E-state index contributed by atoms with van der Waals surface area (Å²) in [4.78, 5) is 26.5. The number of carbonyl (C=O) groups is 2. The van der Waals surface area contributed by atoms with Gasteiger partial charge in [-0.15, -0.1) is 0 Å². The lowest BCUT2D eigenvalue weighted by molar-refractivity contribution is -0.140. The molecule has 0 unspecified atom stereocenters. The van der Waals surface area contributed by atoms with E-state index < -0.39 is 6.04 Å². The summed E-state index contributed by atoms with van der Waals surface area (Å²) in [6, 6.07) is 5.40. The molecule has 1 saturated heterocycles. The van der Waals surface area contributed by atoms with Gasteiger partial charge in [0.1, 0.15) is 11.9 Å². The lowest BCUT2D eigenvalue weighted by Crippen LogP contribution is -2.48. The molecule has 0 bridgehead atoms. The number of nitrogens with zero attached hydrogens (tertiary/aromatic N) is 1. The molecule has 1 aromatic carbocycles. The number of hydrogen-bond acceptors (Lipinski definition) is 3. The van der Waals surface area contributed by atoms with Crippen molar-refractivity contribution in [1.29, 1.82) is 0 Å². The molecule has 1 N–H and O–H groups in total. The van der Waals surface area contributed by atoms with Crippen LogP contribution in [0.15, 0.2) is 24.3 Å². The summed E-state index contributed by atoms with van der Waals surface area (Å²) in [5, 5.41) is 2.88. The van der Waals surface area contributed by atoms with Gasteiger partial charge in [-0.05, 0) is 43.9 Å². The Morgan fingerprint density at radius 3 is 2.68 bits per heavy atom. The molecule has 25 heavy (non-hydrogen) atoms. The molecule has 0 saturated carbocycles. The van der Waals surface area contributed by atoms with Gasteiger partial charge in [0, 0.05) is 26.1 Å². The summed E-state index contributed by atoms with van der Waals surface area (Å²) in [7, 11) is 0. The second kappa shape index (κ2) is 9.51. The Kier molecular flexibility index (Phi) is 7.37. The van der Waals surface area contributed by atoms with Gasteiger partial charge < -0.3 is 15.0 Å². The minimum Gasteiger partial charge on any atom is -0.376 e. The van der Waals surface area contributed by atoms with Crippen molar-refractivity contribution in [1.82, 2.24) is 10.2 Å². The van der Waals surface area contributed by atoms with Crippen LogP contribution < -0.4 is 5.32 Å². The average Bonchev–Trinajstić information content (AvgIpc) is 3.12. The number of benzene rings is 1. The van der Waals surface area contributed by atoms with Crippen molar-refractivity contribution in [2.24, 2.45) is 0 Å². The molecular formula is C19H27FN2O3. The molecule has 5 nitrogen and oxygen atoms in total. The van der Waals surface area contributed by atoms with Crippen molar-refractivity contribution in [2.45, 2.75) is 58.2 Å². The first kappa shape index (κ1) is 19.4. The van der Waals surface area contributed by atoms with Gasteiger partial charge in [-0.3, -0.25) is 9.59 Å². The fourth-order valence-electron chi connectivity index (χ4n) is 2.89. The van der Waals surface area contributed by atoms with Gasteiger partial charge in [0.15, 0.2) is 0 Å². The van der Waals surface area contributed by atoms with E-state index in [2.05, 4.69) is 5.32 Å². The van der Waals surface area contributed by atoms with Crippen LogP contribution in [0.25, 0.3) is 0 Å². The fourth-order valence-corrected chi connectivity index (χ4v) is 2.89. The Hall–Kier alpha value is -1.95. The number of carbonyl (C=O) groups excluding carboxylic acids is 2. The Balaban J connectivity index is 2.00. The molecule has 2 amide bonds. The standard InChI is InChI=1S/C19H27FN2O3/c1-3-5-18(23)22(13-15-7-9-16(20)10-8-15)14(2)19(24)21-12-17-6-4-11-25-17/h7-10,14,17H,3-6,11-13H2,1-2H3,(H,21,24)/t14-,17-/m1/s1. The SMILES string of the molecule is CCCC(=O)N(Cc1ccc(F)cc1)[C@H](C)C(=O)NC[C@H]1CCCO1. The maximum atomic E-state index is 13.1. The predicted molar refractivity (Wildman–Crippen MR) is 93.3 cm³/mol. The zero-order chi connectivity index (χ0) is 18.2. The second-order valence-electron chi connectivity index (χ2n) is 6.45. The smallest absolute Gasteiger partial charge is 0.242 e. The molecule has 1 aromatic rings. The van der Waals surface area contributed by atoms with E-state index in [4.69, 9.17) is 4.74 Å². The highest BCUT2D eigenvalue weighted by Gasteiger charge is 2.26. The lowest BCUT2D eigenvalue weighted by atomic mass is 10.1. The number of rotatable bonds is 8. The molecular weight excluding hydrogens is 323 g/mol. The minimum atomic E-state index is -0.592. The fraction of sp³-hybridized carbons (Fsp3) is 0.579. The van der Waals surface area contributed by atoms with E-state index in [1.165, 1.54) is 12.1 Å². The van der Waals surface area contributed by atoms with Gasteiger partial charge in [0.2, 0.25) is 11.8 Å². The first-order valence-corrected chi connectivity index (χ1v) is 8.94. The minimum absolute atomic E-state index is 0.0630. The van der Waals surface area contributed by atoms with Crippen LogP contribution in [0.2, 0.25) is 0 Å². The highest BCUT2D eigenvalue weighted by Crippen LogP contribution is 2.14. The zero-order valence-electron chi connectivity index (χ0n) is 15.0. The lowest BCUT2D eigenvalue weighted by Gasteiger charge is -2.29. The van der Waals surface area contributed by atoms with Crippen LogP contribution in [-0.2, 0) is 20.9 Å². The maximum absolute atomic E-state index is 13.1. The number of ether oxygens (including phenoxy) is 1. The Morgan fingerprint density at radius 1 is 1.36 bits per heavy atom. The largest absolute Gasteiger partial charge is 0.376 e. The van der Waals surface area contributed by atoms with Crippen molar-refractivity contribution in [3.8, 4) is 0 Å². The first-order valence-electron chi connectivity index (χ1n) is 8.94. The van der Waals surface area contributed by atoms with Crippen molar-refractivity contribution < 1.29 is 18.7 Å². The average molecular weight is 350 g/mol. The summed E-state index contributed by atoms with van der Waals surface area (Å²) in [5.74, 6) is -0.591. The number of halogens is 1. The molecule has 1 heterocycles. The summed E-state index contributed by atoms with van der Waals surface area (Å²) in [5.41, 5.74) is 0.796. The van der Waals surface area contributed by atoms with Crippen LogP contribution >= 0.6 is 0 Å². The van der Waals surface area contributed by atoms with Crippen LogP contribution in [-0.4, -0.2) is 42.0 Å². The molecule has 6 heteroatoms. The zero-order valence-corrected chi connectivity index (χ0v) is 15.0. The van der Waals surface area contributed by atoms with E-state index in [9.17, 15) is 14.0 Å². The molecule has 138 valence electrons. The summed E-state index contributed by atoms with van der Waals surface area (Å²) in [6.45, 7) is 5.14. The van der Waals surface area contributed by atoms with Crippen LogP contribution in [0.3, 0.4) is 0 Å². The van der Waals surface area contributed by atoms with Crippen LogP contribution in [0.4, 0.5) is 4.39 Å². The molecule has 0 aliphatic carbocycles. The summed E-state index contributed by atoms with van der Waals surface area (Å²) >= 11 is 0. The Morgan fingerprint density at radius 2 is 2.08 bits per heavy atom. The van der Waals surface area contributed by atoms with Gasteiger partial charge in [-0.25, -0.2) is 4.39 Å². The normalized spacial score (nSPS) is 18.0. The molecule has 1 aliphatic rings. The molecule has 0 radical (unpaired) electrons. The molecule has 2 rings (SSSR count). The highest BCUT2D eigenvalue weighted by atomic mass is 19.1. The van der Waals surface area contributed by atoms with E-state index in [0.717, 1.165) is 25.0 Å². The van der Waals surface area contributed by atoms with E-state index >= 15 is 0 Å². The second-order valence-corrected chi connectivity index (χ2v) is 6.45. The van der Waals surface area contributed by atoms with Crippen molar-refractivity contribution in [3.05, 3.63) is 35.6 Å². The first-order chi connectivity index (χ1) is 12.0. The molecule has 0 spiro atoms. The third-order valence-electron chi connectivity index (χ3n) is 4.43. The summed E-state index contributed by atoms with van der Waals surface area (Å²) < 4.78 is 18.6.